The van der Waals surface area contributed by atoms with E-state index in [0.717, 1.165) is 19.5 Å². The highest BCUT2D eigenvalue weighted by molar-refractivity contribution is 5.86. The van der Waals surface area contributed by atoms with E-state index in [1.165, 1.54) is 19.5 Å². The van der Waals surface area contributed by atoms with Gasteiger partial charge in [0.1, 0.15) is 0 Å². The van der Waals surface area contributed by atoms with Crippen LogP contribution in [0.15, 0.2) is 12.4 Å². The largest absolute Gasteiger partial charge is 0.476 e. The Hall–Kier alpha value is -1.69. The summed E-state index contributed by atoms with van der Waals surface area (Å²) in [7, 11) is 1.31. The molecule has 1 unspecified atom stereocenters. The molecule has 1 aliphatic heterocycles. The van der Waals surface area contributed by atoms with Crippen LogP contribution in [-0.4, -0.2) is 42.7 Å². The lowest BCUT2D eigenvalue weighted by atomic mass is 10.1. The first-order chi connectivity index (χ1) is 8.29. The summed E-state index contributed by atoms with van der Waals surface area (Å²) in [5.74, 6) is 0.351. The van der Waals surface area contributed by atoms with Crippen LogP contribution >= 0.6 is 0 Å². The van der Waals surface area contributed by atoms with Crippen LogP contribution < -0.4 is 10.1 Å². The average molecular weight is 237 g/mol. The molecule has 2 heterocycles. The second kappa shape index (κ2) is 5.58. The summed E-state index contributed by atoms with van der Waals surface area (Å²) in [6.07, 6.45) is 3.95. The first-order valence-corrected chi connectivity index (χ1v) is 5.53. The van der Waals surface area contributed by atoms with Gasteiger partial charge in [-0.2, -0.15) is 0 Å². The number of carbonyl (C=O) groups is 1. The van der Waals surface area contributed by atoms with Crippen molar-refractivity contribution in [3.63, 3.8) is 0 Å². The lowest BCUT2D eigenvalue weighted by Crippen LogP contribution is -2.16. The number of methoxy groups -OCH3 is 1. The average Bonchev–Trinajstić information content (AvgIpc) is 2.89. The summed E-state index contributed by atoms with van der Waals surface area (Å²) >= 11 is 0. The summed E-state index contributed by atoms with van der Waals surface area (Å²) in [4.78, 5) is 19.2. The molecular formula is C11H15N3O3. The van der Waals surface area contributed by atoms with E-state index in [9.17, 15) is 4.79 Å². The summed E-state index contributed by atoms with van der Waals surface area (Å²) < 4.78 is 10.1. The number of nitrogens with one attached hydrogen (secondary N) is 1. The molecule has 1 N–H and O–H groups in total. The van der Waals surface area contributed by atoms with Gasteiger partial charge < -0.3 is 14.8 Å². The van der Waals surface area contributed by atoms with Gasteiger partial charge in [-0.05, 0) is 13.0 Å². The van der Waals surface area contributed by atoms with Crippen LogP contribution in [0.25, 0.3) is 0 Å². The van der Waals surface area contributed by atoms with Gasteiger partial charge in [-0.1, -0.05) is 0 Å². The van der Waals surface area contributed by atoms with Gasteiger partial charge in [0.15, 0.2) is 5.69 Å². The van der Waals surface area contributed by atoms with E-state index in [0.29, 0.717) is 18.4 Å². The highest BCUT2D eigenvalue weighted by Gasteiger charge is 2.16. The third-order valence-electron chi connectivity index (χ3n) is 2.64. The zero-order valence-electron chi connectivity index (χ0n) is 9.68. The van der Waals surface area contributed by atoms with Crippen molar-refractivity contribution >= 4 is 5.97 Å². The number of aromatic nitrogens is 2. The number of carbonyl (C=O) groups excluding carboxylic acids is 1. The van der Waals surface area contributed by atoms with Crippen molar-refractivity contribution in [3.05, 3.63) is 18.1 Å². The van der Waals surface area contributed by atoms with Gasteiger partial charge in [0.2, 0.25) is 5.88 Å². The summed E-state index contributed by atoms with van der Waals surface area (Å²) in [5.41, 5.74) is 0.162. The van der Waals surface area contributed by atoms with E-state index >= 15 is 0 Å². The van der Waals surface area contributed by atoms with E-state index in [1.54, 1.807) is 0 Å². The highest BCUT2D eigenvalue weighted by Crippen LogP contribution is 2.11. The molecule has 6 nitrogen and oxygen atoms in total. The molecule has 0 aromatic carbocycles. The molecular weight excluding hydrogens is 222 g/mol. The van der Waals surface area contributed by atoms with Crippen molar-refractivity contribution < 1.29 is 14.3 Å². The second-order valence-corrected chi connectivity index (χ2v) is 3.90. The zero-order valence-corrected chi connectivity index (χ0v) is 9.68. The molecule has 1 saturated heterocycles. The second-order valence-electron chi connectivity index (χ2n) is 3.90. The molecule has 0 spiro atoms. The van der Waals surface area contributed by atoms with Crippen molar-refractivity contribution in [3.8, 4) is 5.88 Å². The van der Waals surface area contributed by atoms with Crippen molar-refractivity contribution in [1.29, 1.82) is 0 Å². The Morgan fingerprint density at radius 3 is 3.18 bits per heavy atom. The fraction of sp³-hybridized carbons (Fsp3) is 0.545. The molecule has 1 atom stereocenters. The Morgan fingerprint density at radius 2 is 2.47 bits per heavy atom. The number of rotatable bonds is 4. The standard InChI is InChI=1S/C11H15N3O3/c1-16-11(15)9-5-13-6-10(14-9)17-7-8-2-3-12-4-8/h5-6,8,12H,2-4,7H2,1H3. The molecule has 1 aromatic heterocycles. The minimum absolute atomic E-state index is 0.162. The van der Waals surface area contributed by atoms with Gasteiger partial charge in [0, 0.05) is 12.5 Å². The van der Waals surface area contributed by atoms with Crippen LogP contribution in [-0.2, 0) is 4.74 Å². The molecule has 0 bridgehead atoms. The Bertz CT molecular complexity index is 391. The molecule has 92 valence electrons. The lowest BCUT2D eigenvalue weighted by Gasteiger charge is -2.09. The molecule has 6 heteroatoms. The Morgan fingerprint density at radius 1 is 1.59 bits per heavy atom. The van der Waals surface area contributed by atoms with E-state index in [-0.39, 0.29) is 5.69 Å². The van der Waals surface area contributed by atoms with Crippen LogP contribution in [0.5, 0.6) is 5.88 Å². The Labute approximate surface area is 99.4 Å². The van der Waals surface area contributed by atoms with Crippen LogP contribution in [0.3, 0.4) is 0 Å². The SMILES string of the molecule is COC(=O)c1cncc(OCC2CCNC2)n1. The van der Waals surface area contributed by atoms with E-state index < -0.39 is 5.97 Å². The van der Waals surface area contributed by atoms with Crippen molar-refractivity contribution in [1.82, 2.24) is 15.3 Å². The van der Waals surface area contributed by atoms with Crippen molar-refractivity contribution in [2.75, 3.05) is 26.8 Å². The molecule has 0 amide bonds. The van der Waals surface area contributed by atoms with Gasteiger partial charge in [0.05, 0.1) is 26.1 Å². The maximum absolute atomic E-state index is 11.2. The molecule has 1 aromatic rings. The number of hydrogen-bond acceptors (Lipinski definition) is 6. The van der Waals surface area contributed by atoms with Crippen molar-refractivity contribution in [2.24, 2.45) is 5.92 Å². The van der Waals surface area contributed by atoms with Gasteiger partial charge in [-0.3, -0.25) is 4.98 Å². The molecule has 0 aliphatic carbocycles. The van der Waals surface area contributed by atoms with Gasteiger partial charge in [-0.15, -0.1) is 0 Å². The van der Waals surface area contributed by atoms with E-state index in [1.807, 2.05) is 0 Å². The topological polar surface area (TPSA) is 73.3 Å². The van der Waals surface area contributed by atoms with Gasteiger partial charge in [0.25, 0.3) is 0 Å². The van der Waals surface area contributed by atoms with Gasteiger partial charge in [-0.25, -0.2) is 9.78 Å². The fourth-order valence-corrected chi connectivity index (χ4v) is 1.68. The number of esters is 1. The third kappa shape index (κ3) is 3.13. The summed E-state index contributed by atoms with van der Waals surface area (Å²) in [6, 6.07) is 0. The third-order valence-corrected chi connectivity index (χ3v) is 2.64. The minimum Gasteiger partial charge on any atom is -0.476 e. The summed E-state index contributed by atoms with van der Waals surface area (Å²) in [6.45, 7) is 2.58. The minimum atomic E-state index is -0.509. The summed E-state index contributed by atoms with van der Waals surface area (Å²) in [5, 5.41) is 3.26. The number of ether oxygens (including phenoxy) is 2. The normalized spacial score (nSPS) is 19.0. The smallest absolute Gasteiger partial charge is 0.358 e. The zero-order chi connectivity index (χ0) is 12.1. The van der Waals surface area contributed by atoms with E-state index in [4.69, 9.17) is 4.74 Å². The number of nitrogens with zero attached hydrogens (tertiary/aromatic N) is 2. The van der Waals surface area contributed by atoms with Crippen LogP contribution in [0.4, 0.5) is 0 Å². The highest BCUT2D eigenvalue weighted by atomic mass is 16.5. The predicted octanol–water partition coefficient (Wildman–Crippen LogP) is 0.251. The van der Waals surface area contributed by atoms with Crippen LogP contribution in [0.2, 0.25) is 0 Å². The molecule has 17 heavy (non-hydrogen) atoms. The lowest BCUT2D eigenvalue weighted by molar-refractivity contribution is 0.0592. The monoisotopic (exact) mass is 237 g/mol. The molecule has 2 rings (SSSR count). The Balaban J connectivity index is 1.93. The van der Waals surface area contributed by atoms with Crippen molar-refractivity contribution in [2.45, 2.75) is 6.42 Å². The fourth-order valence-electron chi connectivity index (χ4n) is 1.68. The predicted molar refractivity (Wildman–Crippen MR) is 59.8 cm³/mol. The first-order valence-electron chi connectivity index (χ1n) is 5.53. The maximum atomic E-state index is 11.2. The molecule has 1 aliphatic rings. The molecule has 0 radical (unpaired) electrons. The van der Waals surface area contributed by atoms with Crippen LogP contribution in [0, 0.1) is 5.92 Å². The maximum Gasteiger partial charge on any atom is 0.358 e. The van der Waals surface area contributed by atoms with Crippen LogP contribution in [0.1, 0.15) is 16.9 Å². The van der Waals surface area contributed by atoms with E-state index in [2.05, 4.69) is 20.0 Å². The van der Waals surface area contributed by atoms with Gasteiger partial charge >= 0.3 is 5.97 Å². The quantitative estimate of drug-likeness (QED) is 0.757. The number of hydrogen-bond donors (Lipinski definition) is 1. The Kier molecular flexibility index (Phi) is 3.87. The molecule has 0 saturated carbocycles. The molecule has 1 fully saturated rings. The first kappa shape index (κ1) is 11.8.